The zero-order chi connectivity index (χ0) is 18.8. The van der Waals surface area contributed by atoms with Crippen molar-refractivity contribution in [3.8, 4) is 0 Å². The summed E-state index contributed by atoms with van der Waals surface area (Å²) >= 11 is 1.77. The van der Waals surface area contributed by atoms with Gasteiger partial charge < -0.3 is 9.94 Å². The van der Waals surface area contributed by atoms with Gasteiger partial charge in [0.1, 0.15) is 12.2 Å². The van der Waals surface area contributed by atoms with Crippen molar-refractivity contribution in [1.29, 1.82) is 0 Å². The van der Waals surface area contributed by atoms with E-state index in [-0.39, 0.29) is 16.9 Å². The molecule has 1 aliphatic heterocycles. The van der Waals surface area contributed by atoms with Crippen molar-refractivity contribution in [2.45, 2.75) is 45.6 Å². The molecule has 0 bridgehead atoms. The first kappa shape index (κ1) is 18.5. The van der Waals surface area contributed by atoms with Gasteiger partial charge in [-0.2, -0.15) is 0 Å². The third-order valence-electron chi connectivity index (χ3n) is 4.55. The summed E-state index contributed by atoms with van der Waals surface area (Å²) in [6, 6.07) is 1.88. The van der Waals surface area contributed by atoms with Crippen LogP contribution < -0.4 is 5.56 Å². The van der Waals surface area contributed by atoms with Gasteiger partial charge in [0.25, 0.3) is 5.56 Å². The molecule has 0 unspecified atom stereocenters. The van der Waals surface area contributed by atoms with Gasteiger partial charge in [0.15, 0.2) is 5.78 Å². The lowest BCUT2D eigenvalue weighted by atomic mass is 9.91. The fourth-order valence-electron chi connectivity index (χ4n) is 3.22. The molecule has 2 aromatic rings. The summed E-state index contributed by atoms with van der Waals surface area (Å²) in [5, 5.41) is 7.12. The summed E-state index contributed by atoms with van der Waals surface area (Å²) in [7, 11) is 0. The van der Waals surface area contributed by atoms with Gasteiger partial charge in [-0.25, -0.2) is 0 Å². The van der Waals surface area contributed by atoms with Gasteiger partial charge in [0.2, 0.25) is 0 Å². The molecule has 3 rings (SSSR count). The second-order valence-corrected chi connectivity index (χ2v) is 7.30. The van der Waals surface area contributed by atoms with Crippen molar-refractivity contribution in [2.75, 3.05) is 12.4 Å². The smallest absolute Gasteiger partial charge is 0.277 e. The second-order valence-electron chi connectivity index (χ2n) is 6.19. The monoisotopic (exact) mass is 373 g/mol. The quantitative estimate of drug-likeness (QED) is 0.645. The van der Waals surface area contributed by atoms with E-state index in [2.05, 4.69) is 10.3 Å². The number of hydrogen-bond donors (Lipinski definition) is 1. The maximum atomic E-state index is 13.1. The standard InChI is InChI=1S/C19H23N3O3S/c1-5-22-19(24)14(10-20-22)17(23)13-9-11(3)18-16(12(13)4)15(7-8-26-18)21-25-6-2/h9-10,20H,5-8H2,1-4H3/b21-15-. The van der Waals surface area contributed by atoms with Crippen molar-refractivity contribution in [1.82, 2.24) is 9.78 Å². The molecular weight excluding hydrogens is 350 g/mol. The first-order chi connectivity index (χ1) is 12.5. The van der Waals surface area contributed by atoms with Crippen LogP contribution in [0.25, 0.3) is 0 Å². The zero-order valence-corrected chi connectivity index (χ0v) is 16.3. The Labute approximate surface area is 156 Å². The number of thioether (sulfide) groups is 1. The number of fused-ring (bicyclic) bond motifs is 1. The Balaban J connectivity index is 2.15. The van der Waals surface area contributed by atoms with Crippen LogP contribution in [0, 0.1) is 13.8 Å². The number of benzene rings is 1. The Morgan fingerprint density at radius 2 is 2.12 bits per heavy atom. The van der Waals surface area contributed by atoms with Crippen LogP contribution in [-0.4, -0.2) is 33.6 Å². The molecule has 1 aromatic carbocycles. The lowest BCUT2D eigenvalue weighted by Crippen LogP contribution is -2.22. The number of nitrogens with one attached hydrogen (secondary N) is 1. The van der Waals surface area contributed by atoms with E-state index in [1.54, 1.807) is 11.8 Å². The Kier molecular flexibility index (Phi) is 5.36. The number of carbonyl (C=O) groups is 1. The Morgan fingerprint density at radius 3 is 2.77 bits per heavy atom. The number of ketones is 1. The van der Waals surface area contributed by atoms with Crippen molar-refractivity contribution in [2.24, 2.45) is 5.16 Å². The van der Waals surface area contributed by atoms with Gasteiger partial charge in [-0.05, 0) is 44.9 Å². The number of aromatic nitrogens is 2. The molecule has 0 fully saturated rings. The third kappa shape index (κ3) is 3.11. The fourth-order valence-corrected chi connectivity index (χ4v) is 4.42. The molecular formula is C19H23N3O3S. The summed E-state index contributed by atoms with van der Waals surface area (Å²) < 4.78 is 1.42. The number of aryl methyl sites for hydroxylation is 2. The highest BCUT2D eigenvalue weighted by Gasteiger charge is 2.26. The van der Waals surface area contributed by atoms with Crippen LogP contribution in [-0.2, 0) is 11.4 Å². The minimum Gasteiger partial charge on any atom is -0.396 e. The summed E-state index contributed by atoms with van der Waals surface area (Å²) in [5.74, 6) is 0.680. The number of hydrogen-bond acceptors (Lipinski definition) is 5. The molecule has 0 atom stereocenters. The van der Waals surface area contributed by atoms with E-state index in [1.165, 1.54) is 10.9 Å². The van der Waals surface area contributed by atoms with E-state index >= 15 is 0 Å². The van der Waals surface area contributed by atoms with Gasteiger partial charge in [-0.15, -0.1) is 11.8 Å². The maximum Gasteiger partial charge on any atom is 0.277 e. The first-order valence-electron chi connectivity index (χ1n) is 8.78. The van der Waals surface area contributed by atoms with Gasteiger partial charge in [0.05, 0.1) is 5.71 Å². The lowest BCUT2D eigenvalue weighted by Gasteiger charge is -2.23. The Morgan fingerprint density at radius 1 is 1.35 bits per heavy atom. The molecule has 2 heterocycles. The summed E-state index contributed by atoms with van der Waals surface area (Å²) in [5.41, 5.74) is 4.15. The number of nitrogens with zero attached hydrogens (tertiary/aromatic N) is 2. The summed E-state index contributed by atoms with van der Waals surface area (Å²) in [4.78, 5) is 31.9. The average Bonchev–Trinajstić information content (AvgIpc) is 3.02. The summed E-state index contributed by atoms with van der Waals surface area (Å²) in [6.07, 6.45) is 2.29. The number of rotatable bonds is 5. The van der Waals surface area contributed by atoms with Gasteiger partial charge >= 0.3 is 0 Å². The minimum absolute atomic E-state index is 0.168. The topological polar surface area (TPSA) is 76.4 Å². The number of H-pyrrole nitrogens is 1. The van der Waals surface area contributed by atoms with Crippen LogP contribution in [0.5, 0.6) is 0 Å². The van der Waals surface area contributed by atoms with Crippen LogP contribution in [0.2, 0.25) is 0 Å². The van der Waals surface area contributed by atoms with E-state index in [1.807, 2.05) is 33.8 Å². The normalized spacial score (nSPS) is 15.2. The molecule has 1 aliphatic rings. The van der Waals surface area contributed by atoms with E-state index in [9.17, 15) is 9.59 Å². The molecule has 0 amide bonds. The second kappa shape index (κ2) is 7.53. The third-order valence-corrected chi connectivity index (χ3v) is 5.77. The van der Waals surface area contributed by atoms with Crippen molar-refractivity contribution < 1.29 is 9.63 Å². The van der Waals surface area contributed by atoms with Crippen molar-refractivity contribution in [3.63, 3.8) is 0 Å². The molecule has 1 N–H and O–H groups in total. The Bertz CT molecular complexity index is 940. The largest absolute Gasteiger partial charge is 0.396 e. The van der Waals surface area contributed by atoms with Crippen molar-refractivity contribution in [3.05, 3.63) is 50.4 Å². The molecule has 138 valence electrons. The van der Waals surface area contributed by atoms with Crippen LogP contribution in [0.3, 0.4) is 0 Å². The molecule has 0 spiro atoms. The highest BCUT2D eigenvalue weighted by atomic mass is 32.2. The molecule has 26 heavy (non-hydrogen) atoms. The zero-order valence-electron chi connectivity index (χ0n) is 15.5. The van der Waals surface area contributed by atoms with E-state index in [0.717, 1.165) is 39.5 Å². The highest BCUT2D eigenvalue weighted by Crippen LogP contribution is 2.37. The predicted octanol–water partition coefficient (Wildman–Crippen LogP) is 3.28. The van der Waals surface area contributed by atoms with E-state index in [0.29, 0.717) is 18.7 Å². The molecule has 0 saturated carbocycles. The van der Waals surface area contributed by atoms with E-state index < -0.39 is 0 Å². The van der Waals surface area contributed by atoms with Crippen LogP contribution in [0.15, 0.2) is 27.1 Å². The first-order valence-corrected chi connectivity index (χ1v) is 9.77. The molecule has 1 aromatic heterocycles. The number of oxime groups is 1. The minimum atomic E-state index is -0.287. The predicted molar refractivity (Wildman–Crippen MR) is 104 cm³/mol. The molecule has 7 heteroatoms. The number of carbonyl (C=O) groups excluding carboxylic acids is 1. The average molecular weight is 373 g/mol. The maximum absolute atomic E-state index is 13.1. The summed E-state index contributed by atoms with van der Waals surface area (Å²) in [6.45, 7) is 8.66. The van der Waals surface area contributed by atoms with Gasteiger partial charge in [-0.1, -0.05) is 5.16 Å². The van der Waals surface area contributed by atoms with Crippen LogP contribution in [0.4, 0.5) is 0 Å². The molecule has 0 saturated heterocycles. The number of aromatic amines is 1. The molecule has 6 nitrogen and oxygen atoms in total. The molecule has 0 aliphatic carbocycles. The van der Waals surface area contributed by atoms with Crippen LogP contribution in [0.1, 0.15) is 52.9 Å². The van der Waals surface area contributed by atoms with Gasteiger partial charge in [-0.3, -0.25) is 14.3 Å². The molecule has 0 radical (unpaired) electrons. The van der Waals surface area contributed by atoms with E-state index in [4.69, 9.17) is 4.84 Å². The van der Waals surface area contributed by atoms with Gasteiger partial charge in [0, 0.05) is 40.9 Å². The SMILES string of the molecule is CCO/N=C1/CCSc2c(C)cc(C(=O)c3c[nH]n(CC)c3=O)c(C)c21. The highest BCUT2D eigenvalue weighted by molar-refractivity contribution is 7.99. The fraction of sp³-hybridized carbons (Fsp3) is 0.421. The van der Waals surface area contributed by atoms with Crippen LogP contribution >= 0.6 is 11.8 Å². The Hall–Kier alpha value is -2.28. The van der Waals surface area contributed by atoms with Crippen molar-refractivity contribution >= 4 is 23.3 Å². The lowest BCUT2D eigenvalue weighted by molar-refractivity contribution is 0.103.